The Morgan fingerprint density at radius 2 is 1.94 bits per heavy atom. The van der Waals surface area contributed by atoms with Gasteiger partial charge in [0.15, 0.2) is 0 Å². The van der Waals surface area contributed by atoms with Crippen molar-refractivity contribution < 1.29 is 31.1 Å². The van der Waals surface area contributed by atoms with Crippen molar-refractivity contribution in [3.8, 4) is 0 Å². The van der Waals surface area contributed by atoms with Crippen molar-refractivity contribution in [3.05, 3.63) is 29.8 Å². The highest BCUT2D eigenvalue weighted by Gasteiger charge is 2.31. The summed E-state index contributed by atoms with van der Waals surface area (Å²) in [6.07, 6.45) is -1.71. The van der Waals surface area contributed by atoms with Crippen LogP contribution in [-0.4, -0.2) is 76.1 Å². The summed E-state index contributed by atoms with van der Waals surface area (Å²) in [6, 6.07) is 3.58. The summed E-state index contributed by atoms with van der Waals surface area (Å²) in [7, 11) is -4.08. The van der Waals surface area contributed by atoms with Gasteiger partial charge < -0.3 is 9.64 Å². The molecule has 0 saturated carbocycles. The third kappa shape index (κ3) is 6.90. The number of carbonyl (C=O) groups is 1. The van der Waals surface area contributed by atoms with Gasteiger partial charge in [0.1, 0.15) is 0 Å². The molecule has 0 spiro atoms. The van der Waals surface area contributed by atoms with Gasteiger partial charge in [0, 0.05) is 52.3 Å². The van der Waals surface area contributed by atoms with Crippen LogP contribution in [-0.2, 0) is 25.7 Å². The van der Waals surface area contributed by atoms with Gasteiger partial charge in [0.2, 0.25) is 15.9 Å². The van der Waals surface area contributed by atoms with Crippen molar-refractivity contribution in [1.82, 2.24) is 14.5 Å². The molecule has 2 saturated heterocycles. The summed E-state index contributed by atoms with van der Waals surface area (Å²) < 4.78 is 70.8. The second kappa shape index (κ2) is 10.3. The van der Waals surface area contributed by atoms with Crippen LogP contribution in [0.3, 0.4) is 0 Å². The maximum Gasteiger partial charge on any atom is 0.416 e. The number of nitrogens with zero attached hydrogens (tertiary/aromatic N) is 2. The first kappa shape index (κ1) is 24.0. The number of sulfonamides is 1. The minimum Gasteiger partial charge on any atom is -0.377 e. The van der Waals surface area contributed by atoms with E-state index in [9.17, 15) is 26.4 Å². The number of hydrogen-bond acceptors (Lipinski definition) is 5. The quantitative estimate of drug-likeness (QED) is 0.598. The molecule has 1 amide bonds. The average molecular weight is 464 g/mol. The lowest BCUT2D eigenvalue weighted by atomic mass is 10.2. The van der Waals surface area contributed by atoms with Gasteiger partial charge in [0.05, 0.1) is 16.6 Å². The fourth-order valence-corrected chi connectivity index (χ4v) is 4.90. The van der Waals surface area contributed by atoms with Gasteiger partial charge in [-0.3, -0.25) is 9.69 Å². The molecule has 7 nitrogen and oxygen atoms in total. The lowest BCUT2D eigenvalue weighted by Gasteiger charge is -2.35. The summed E-state index contributed by atoms with van der Waals surface area (Å²) in [4.78, 5) is 16.0. The fourth-order valence-electron chi connectivity index (χ4n) is 3.78. The first-order valence-corrected chi connectivity index (χ1v) is 11.9. The Labute approximate surface area is 180 Å². The number of ether oxygens (including phenoxy) is 1. The molecule has 0 unspecified atom stereocenters. The first-order chi connectivity index (χ1) is 14.6. The summed E-state index contributed by atoms with van der Waals surface area (Å²) in [5, 5.41) is 0. The molecule has 2 fully saturated rings. The van der Waals surface area contributed by atoms with E-state index >= 15 is 0 Å². The van der Waals surface area contributed by atoms with E-state index in [1.165, 1.54) is 0 Å². The Bertz CT molecular complexity index is 849. The van der Waals surface area contributed by atoms with E-state index in [1.54, 1.807) is 4.90 Å². The van der Waals surface area contributed by atoms with Gasteiger partial charge in [-0.05, 0) is 37.5 Å². The van der Waals surface area contributed by atoms with Gasteiger partial charge in [-0.1, -0.05) is 6.07 Å². The Kier molecular flexibility index (Phi) is 7.95. The summed E-state index contributed by atoms with van der Waals surface area (Å²) in [5.41, 5.74) is -1.02. The lowest BCUT2D eigenvalue weighted by Crippen LogP contribution is -2.50. The molecule has 2 aliphatic heterocycles. The maximum absolute atomic E-state index is 12.8. The van der Waals surface area contributed by atoms with Gasteiger partial charge in [-0.15, -0.1) is 0 Å². The Balaban J connectivity index is 1.39. The normalized spacial score (nSPS) is 20.9. The van der Waals surface area contributed by atoms with E-state index in [0.29, 0.717) is 19.2 Å². The molecule has 0 bridgehead atoms. The van der Waals surface area contributed by atoms with E-state index in [2.05, 4.69) is 9.62 Å². The molecule has 1 aromatic rings. The van der Waals surface area contributed by atoms with E-state index in [4.69, 9.17) is 4.74 Å². The first-order valence-electron chi connectivity index (χ1n) is 10.4. The number of benzene rings is 1. The largest absolute Gasteiger partial charge is 0.416 e. The molecule has 11 heteroatoms. The number of hydrogen-bond donors (Lipinski definition) is 1. The lowest BCUT2D eigenvalue weighted by molar-refractivity contribution is -0.137. The Morgan fingerprint density at radius 3 is 2.58 bits per heavy atom. The number of piperazine rings is 1. The molecule has 0 aliphatic carbocycles. The molecule has 3 rings (SSSR count). The monoisotopic (exact) mass is 463 g/mol. The standard InChI is InChI=1S/C20H28F3N3O4S/c21-20(22,23)16-4-1-6-18(14-16)31(28,29)24-8-2-7-19(27)26-11-9-25(10-12-26)15-17-5-3-13-30-17/h1,4,6,14,17,24H,2-3,5,7-13,15H2/t17-/m0/s1. The van der Waals surface area contributed by atoms with Crippen molar-refractivity contribution in [2.45, 2.75) is 42.9 Å². The summed E-state index contributed by atoms with van der Waals surface area (Å²) in [6.45, 7) is 4.51. The third-order valence-corrected chi connectivity index (χ3v) is 7.00. The summed E-state index contributed by atoms with van der Waals surface area (Å²) in [5.74, 6) is -0.0463. The zero-order valence-corrected chi connectivity index (χ0v) is 18.1. The minimum absolute atomic E-state index is 0.0245. The van der Waals surface area contributed by atoms with Gasteiger partial charge in [-0.2, -0.15) is 13.2 Å². The van der Waals surface area contributed by atoms with E-state index < -0.39 is 26.7 Å². The van der Waals surface area contributed by atoms with E-state index in [-0.39, 0.29) is 31.4 Å². The van der Waals surface area contributed by atoms with Crippen molar-refractivity contribution >= 4 is 15.9 Å². The number of amides is 1. The zero-order valence-electron chi connectivity index (χ0n) is 17.2. The van der Waals surface area contributed by atoms with Gasteiger partial charge >= 0.3 is 6.18 Å². The van der Waals surface area contributed by atoms with Gasteiger partial charge in [0.25, 0.3) is 0 Å². The molecule has 0 aromatic heterocycles. The molecular weight excluding hydrogens is 435 g/mol. The topological polar surface area (TPSA) is 79.0 Å². The fraction of sp³-hybridized carbons (Fsp3) is 0.650. The Morgan fingerprint density at radius 1 is 1.19 bits per heavy atom. The predicted octanol–water partition coefficient (Wildman–Crippen LogP) is 2.09. The smallest absolute Gasteiger partial charge is 0.377 e. The number of rotatable bonds is 8. The second-order valence-electron chi connectivity index (χ2n) is 7.84. The molecule has 1 aromatic carbocycles. The number of carbonyl (C=O) groups excluding carboxylic acids is 1. The number of halogens is 3. The molecule has 1 atom stereocenters. The van der Waals surface area contributed by atoms with Crippen molar-refractivity contribution in [2.75, 3.05) is 45.9 Å². The zero-order chi connectivity index (χ0) is 22.5. The van der Waals surface area contributed by atoms with Crippen LogP contribution < -0.4 is 4.72 Å². The number of alkyl halides is 3. The van der Waals surface area contributed by atoms with Crippen LogP contribution in [0.15, 0.2) is 29.2 Å². The van der Waals surface area contributed by atoms with E-state index in [1.807, 2.05) is 0 Å². The summed E-state index contributed by atoms with van der Waals surface area (Å²) >= 11 is 0. The van der Waals surface area contributed by atoms with Crippen molar-refractivity contribution in [2.24, 2.45) is 0 Å². The van der Waals surface area contributed by atoms with Crippen LogP contribution in [0.25, 0.3) is 0 Å². The third-order valence-electron chi connectivity index (χ3n) is 5.54. The SMILES string of the molecule is O=C(CCCNS(=O)(=O)c1cccc(C(F)(F)F)c1)N1CCN(C[C@@H]2CCCO2)CC1. The van der Waals surface area contributed by atoms with Crippen LogP contribution in [0.1, 0.15) is 31.2 Å². The number of nitrogens with one attached hydrogen (secondary N) is 1. The van der Waals surface area contributed by atoms with Crippen LogP contribution in [0.5, 0.6) is 0 Å². The predicted molar refractivity (Wildman–Crippen MR) is 108 cm³/mol. The molecule has 0 radical (unpaired) electrons. The van der Waals surface area contributed by atoms with Gasteiger partial charge in [-0.25, -0.2) is 13.1 Å². The maximum atomic E-state index is 12.8. The van der Waals surface area contributed by atoms with Crippen LogP contribution >= 0.6 is 0 Å². The van der Waals surface area contributed by atoms with Crippen molar-refractivity contribution in [3.63, 3.8) is 0 Å². The molecule has 2 aliphatic rings. The highest BCUT2D eigenvalue weighted by molar-refractivity contribution is 7.89. The van der Waals surface area contributed by atoms with E-state index in [0.717, 1.165) is 57.3 Å². The second-order valence-corrected chi connectivity index (χ2v) is 9.61. The Hall–Kier alpha value is -1.69. The molecule has 174 valence electrons. The molecular formula is C20H28F3N3O4S. The van der Waals surface area contributed by atoms with Crippen LogP contribution in [0, 0.1) is 0 Å². The average Bonchev–Trinajstić information content (AvgIpc) is 3.24. The molecule has 1 N–H and O–H groups in total. The molecule has 31 heavy (non-hydrogen) atoms. The minimum atomic E-state index is -4.62. The molecule has 2 heterocycles. The van der Waals surface area contributed by atoms with Crippen LogP contribution in [0.4, 0.5) is 13.2 Å². The highest BCUT2D eigenvalue weighted by Crippen LogP contribution is 2.30. The van der Waals surface area contributed by atoms with Crippen molar-refractivity contribution in [1.29, 1.82) is 0 Å². The van der Waals surface area contributed by atoms with Crippen LogP contribution in [0.2, 0.25) is 0 Å². The highest BCUT2D eigenvalue weighted by atomic mass is 32.2.